The maximum atomic E-state index is 13.9. The summed E-state index contributed by atoms with van der Waals surface area (Å²) in [5, 5.41) is -0.354. The third kappa shape index (κ3) is 5.87. The minimum absolute atomic E-state index is 0.0347. The number of halogens is 2. The van der Waals surface area contributed by atoms with Gasteiger partial charge in [0.1, 0.15) is 30.5 Å². The first-order chi connectivity index (χ1) is 16.4. The van der Waals surface area contributed by atoms with Crippen LogP contribution in [0.25, 0.3) is 6.08 Å². The minimum atomic E-state index is -0.387. The summed E-state index contributed by atoms with van der Waals surface area (Å²) in [4.78, 5) is 26.8. The lowest BCUT2D eigenvalue weighted by Gasteiger charge is -2.13. The molecular weight excluding hydrogens is 521 g/mol. The Morgan fingerprint density at radius 3 is 2.56 bits per heavy atom. The summed E-state index contributed by atoms with van der Waals surface area (Å²) in [6.45, 7) is 2.36. The number of rotatable bonds is 8. The highest BCUT2D eigenvalue weighted by Crippen LogP contribution is 2.35. The van der Waals surface area contributed by atoms with Crippen LogP contribution in [0.2, 0.25) is 0 Å². The van der Waals surface area contributed by atoms with Crippen LogP contribution in [-0.2, 0) is 11.4 Å². The van der Waals surface area contributed by atoms with Gasteiger partial charge < -0.3 is 9.47 Å². The Kier molecular flexibility index (Phi) is 7.70. The summed E-state index contributed by atoms with van der Waals surface area (Å²) < 4.78 is 26.2. The summed E-state index contributed by atoms with van der Waals surface area (Å²) in [6, 6.07) is 19.2. The summed E-state index contributed by atoms with van der Waals surface area (Å²) in [5.74, 6) is 0.414. The molecule has 3 aromatic carbocycles. The van der Waals surface area contributed by atoms with Gasteiger partial charge in [0.05, 0.1) is 11.4 Å². The molecule has 174 valence electrons. The molecule has 0 saturated carbocycles. The standard InChI is InChI=1S/C26H21BrFNO4S/c1-17-6-9-21(10-7-17)32-13-12-29-25(30)24(34-26(29)31)15-19-14-20(27)8-11-23(19)33-16-18-4-2-3-5-22(18)28/h2-11,14-15H,12-13,16H2,1H3/b24-15-. The summed E-state index contributed by atoms with van der Waals surface area (Å²) in [6.07, 6.45) is 1.62. The second-order valence-corrected chi connectivity index (χ2v) is 9.47. The molecule has 0 aromatic heterocycles. The SMILES string of the molecule is Cc1ccc(OCCN2C(=O)S/C(=C\c3cc(Br)ccc3OCc3ccccc3F)C2=O)cc1. The number of nitrogens with zero attached hydrogens (tertiary/aromatic N) is 1. The Morgan fingerprint density at radius 1 is 1.03 bits per heavy atom. The number of amides is 2. The highest BCUT2D eigenvalue weighted by atomic mass is 79.9. The number of hydrogen-bond acceptors (Lipinski definition) is 5. The number of thioether (sulfide) groups is 1. The van der Waals surface area contributed by atoms with E-state index in [0.717, 1.165) is 21.8 Å². The molecule has 4 rings (SSSR count). The molecule has 1 fully saturated rings. The van der Waals surface area contributed by atoms with Crippen LogP contribution in [0.3, 0.4) is 0 Å². The van der Waals surface area contributed by atoms with Crippen molar-refractivity contribution in [3.05, 3.63) is 98.6 Å². The lowest BCUT2D eigenvalue weighted by atomic mass is 10.1. The maximum absolute atomic E-state index is 13.9. The van der Waals surface area contributed by atoms with Crippen LogP contribution in [0.15, 0.2) is 76.1 Å². The van der Waals surface area contributed by atoms with Crippen LogP contribution < -0.4 is 9.47 Å². The third-order valence-electron chi connectivity index (χ3n) is 5.08. The van der Waals surface area contributed by atoms with Gasteiger partial charge in [-0.05, 0) is 61.2 Å². The zero-order valence-electron chi connectivity index (χ0n) is 18.3. The lowest BCUT2D eigenvalue weighted by Crippen LogP contribution is -2.32. The Labute approximate surface area is 209 Å². The van der Waals surface area contributed by atoms with Crippen molar-refractivity contribution in [1.82, 2.24) is 4.90 Å². The predicted octanol–water partition coefficient (Wildman–Crippen LogP) is 6.59. The van der Waals surface area contributed by atoms with Gasteiger partial charge in [0.2, 0.25) is 0 Å². The molecule has 1 saturated heterocycles. The molecule has 2 amide bonds. The van der Waals surface area contributed by atoms with Crippen LogP contribution in [0.1, 0.15) is 16.7 Å². The van der Waals surface area contributed by atoms with E-state index in [-0.39, 0.29) is 41.6 Å². The molecule has 3 aromatic rings. The van der Waals surface area contributed by atoms with Gasteiger partial charge in [-0.3, -0.25) is 14.5 Å². The predicted molar refractivity (Wildman–Crippen MR) is 134 cm³/mol. The Bertz CT molecular complexity index is 1250. The first kappa shape index (κ1) is 24.0. The molecule has 34 heavy (non-hydrogen) atoms. The smallest absolute Gasteiger partial charge is 0.293 e. The van der Waals surface area contributed by atoms with Crippen molar-refractivity contribution in [3.63, 3.8) is 0 Å². The molecular formula is C26H21BrFNO4S. The zero-order chi connectivity index (χ0) is 24.1. The van der Waals surface area contributed by atoms with Crippen molar-refractivity contribution in [1.29, 1.82) is 0 Å². The normalized spacial score (nSPS) is 14.7. The molecule has 1 aliphatic rings. The van der Waals surface area contributed by atoms with E-state index in [1.165, 1.54) is 11.0 Å². The molecule has 0 unspecified atom stereocenters. The van der Waals surface area contributed by atoms with Gasteiger partial charge in [0.25, 0.3) is 11.1 Å². The highest BCUT2D eigenvalue weighted by molar-refractivity contribution is 9.10. The second-order valence-electron chi connectivity index (χ2n) is 7.56. The highest BCUT2D eigenvalue weighted by Gasteiger charge is 2.35. The Balaban J connectivity index is 1.45. The average Bonchev–Trinajstić information content (AvgIpc) is 3.08. The van der Waals surface area contributed by atoms with Gasteiger partial charge in [-0.15, -0.1) is 0 Å². The minimum Gasteiger partial charge on any atom is -0.492 e. The van der Waals surface area contributed by atoms with Gasteiger partial charge in [-0.25, -0.2) is 4.39 Å². The molecule has 1 heterocycles. The van der Waals surface area contributed by atoms with Gasteiger partial charge in [0.15, 0.2) is 0 Å². The zero-order valence-corrected chi connectivity index (χ0v) is 20.7. The van der Waals surface area contributed by atoms with E-state index >= 15 is 0 Å². The van der Waals surface area contributed by atoms with Gasteiger partial charge in [0, 0.05) is 15.6 Å². The van der Waals surface area contributed by atoms with E-state index in [1.807, 2.05) is 31.2 Å². The Hall–Kier alpha value is -3.10. The van der Waals surface area contributed by atoms with Crippen molar-refractivity contribution in [2.75, 3.05) is 13.2 Å². The van der Waals surface area contributed by atoms with Crippen molar-refractivity contribution >= 4 is 44.9 Å². The number of carbonyl (C=O) groups is 2. The topological polar surface area (TPSA) is 55.8 Å². The molecule has 5 nitrogen and oxygen atoms in total. The molecule has 0 bridgehead atoms. The fourth-order valence-corrected chi connectivity index (χ4v) is 4.49. The van der Waals surface area contributed by atoms with E-state index in [2.05, 4.69) is 15.9 Å². The monoisotopic (exact) mass is 541 g/mol. The largest absolute Gasteiger partial charge is 0.492 e. The number of benzene rings is 3. The maximum Gasteiger partial charge on any atom is 0.293 e. The number of imide groups is 1. The van der Waals surface area contributed by atoms with Crippen LogP contribution >= 0.6 is 27.7 Å². The van der Waals surface area contributed by atoms with E-state index in [1.54, 1.807) is 42.5 Å². The number of aryl methyl sites for hydroxylation is 1. The quantitative estimate of drug-likeness (QED) is 0.301. The molecule has 0 atom stereocenters. The van der Waals surface area contributed by atoms with Gasteiger partial charge in [-0.2, -0.15) is 0 Å². The number of carbonyl (C=O) groups excluding carboxylic acids is 2. The van der Waals surface area contributed by atoms with Gasteiger partial charge in [-0.1, -0.05) is 51.8 Å². The molecule has 0 radical (unpaired) electrons. The fourth-order valence-electron chi connectivity index (χ4n) is 3.26. The third-order valence-corrected chi connectivity index (χ3v) is 6.48. The molecule has 0 N–H and O–H groups in total. The van der Waals surface area contributed by atoms with E-state index in [9.17, 15) is 14.0 Å². The second kappa shape index (κ2) is 10.9. The van der Waals surface area contributed by atoms with Crippen LogP contribution in [-0.4, -0.2) is 29.2 Å². The van der Waals surface area contributed by atoms with Crippen molar-refractivity contribution in [2.45, 2.75) is 13.5 Å². The molecule has 8 heteroatoms. The first-order valence-electron chi connectivity index (χ1n) is 10.5. The first-order valence-corrected chi connectivity index (χ1v) is 12.1. The average molecular weight is 542 g/mol. The lowest BCUT2D eigenvalue weighted by molar-refractivity contribution is -0.123. The van der Waals surface area contributed by atoms with Crippen molar-refractivity contribution in [3.8, 4) is 11.5 Å². The Morgan fingerprint density at radius 2 is 1.79 bits per heavy atom. The summed E-state index contributed by atoms with van der Waals surface area (Å²) in [7, 11) is 0. The van der Waals surface area contributed by atoms with Crippen LogP contribution in [0.4, 0.5) is 9.18 Å². The van der Waals surface area contributed by atoms with Gasteiger partial charge >= 0.3 is 0 Å². The molecule has 0 spiro atoms. The van der Waals surface area contributed by atoms with E-state index < -0.39 is 0 Å². The number of hydrogen-bond donors (Lipinski definition) is 0. The summed E-state index contributed by atoms with van der Waals surface area (Å²) >= 11 is 4.29. The van der Waals surface area contributed by atoms with Crippen molar-refractivity contribution < 1.29 is 23.5 Å². The van der Waals surface area contributed by atoms with Crippen LogP contribution in [0.5, 0.6) is 11.5 Å². The molecule has 1 aliphatic heterocycles. The van der Waals surface area contributed by atoms with Crippen molar-refractivity contribution in [2.24, 2.45) is 0 Å². The van der Waals surface area contributed by atoms with E-state index in [0.29, 0.717) is 22.6 Å². The van der Waals surface area contributed by atoms with Crippen LogP contribution in [0, 0.1) is 12.7 Å². The van der Waals surface area contributed by atoms with E-state index in [4.69, 9.17) is 9.47 Å². The fraction of sp³-hybridized carbons (Fsp3) is 0.154. The molecule has 0 aliphatic carbocycles. The number of ether oxygens (including phenoxy) is 2. The summed E-state index contributed by atoms with van der Waals surface area (Å²) in [5.41, 5.74) is 2.14.